The van der Waals surface area contributed by atoms with Crippen molar-refractivity contribution in [3.63, 3.8) is 0 Å². The summed E-state index contributed by atoms with van der Waals surface area (Å²) in [7, 11) is 0. The van der Waals surface area contributed by atoms with Gasteiger partial charge in [-0.25, -0.2) is 0 Å². The maximum atomic E-state index is 5.71. The highest BCUT2D eigenvalue weighted by molar-refractivity contribution is 8.01. The van der Waals surface area contributed by atoms with E-state index in [1.54, 1.807) is 23.1 Å². The molecule has 1 aromatic carbocycles. The number of rotatable bonds is 8. The van der Waals surface area contributed by atoms with Crippen LogP contribution in [0, 0.1) is 12.8 Å². The van der Waals surface area contributed by atoms with E-state index in [9.17, 15) is 0 Å². The first-order valence-corrected chi connectivity index (χ1v) is 8.83. The lowest BCUT2D eigenvalue weighted by Gasteiger charge is -2.05. The zero-order chi connectivity index (χ0) is 15.1. The largest absolute Gasteiger partial charge is 0.493 e. The van der Waals surface area contributed by atoms with E-state index >= 15 is 0 Å². The zero-order valence-corrected chi connectivity index (χ0v) is 14.3. The molecule has 1 aromatic heterocycles. The van der Waals surface area contributed by atoms with E-state index in [4.69, 9.17) is 4.74 Å². The number of anilines is 1. The normalized spacial score (nSPS) is 10.9. The van der Waals surface area contributed by atoms with Gasteiger partial charge >= 0.3 is 0 Å². The van der Waals surface area contributed by atoms with Crippen molar-refractivity contribution in [2.24, 2.45) is 5.92 Å². The smallest absolute Gasteiger partial charge is 0.206 e. The van der Waals surface area contributed by atoms with Gasteiger partial charge in [-0.1, -0.05) is 49.1 Å². The number of hydrogen-bond donors (Lipinski definition) is 1. The van der Waals surface area contributed by atoms with Gasteiger partial charge in [-0.15, -0.1) is 10.2 Å². The Hall–Kier alpha value is -1.27. The number of ether oxygens (including phenoxy) is 1. The quantitative estimate of drug-likeness (QED) is 0.586. The zero-order valence-electron chi connectivity index (χ0n) is 12.6. The summed E-state index contributed by atoms with van der Waals surface area (Å²) < 4.78 is 6.69. The van der Waals surface area contributed by atoms with E-state index in [1.807, 2.05) is 18.2 Å². The molecule has 0 saturated heterocycles. The maximum absolute atomic E-state index is 5.71. The monoisotopic (exact) mass is 323 g/mol. The van der Waals surface area contributed by atoms with Gasteiger partial charge in [0.2, 0.25) is 5.13 Å². The van der Waals surface area contributed by atoms with Crippen molar-refractivity contribution in [1.82, 2.24) is 10.2 Å². The second-order valence-electron chi connectivity index (χ2n) is 5.16. The van der Waals surface area contributed by atoms with Gasteiger partial charge in [0.1, 0.15) is 5.75 Å². The number of aryl methyl sites for hydroxylation is 1. The van der Waals surface area contributed by atoms with E-state index in [0.29, 0.717) is 12.5 Å². The van der Waals surface area contributed by atoms with E-state index in [-0.39, 0.29) is 0 Å². The number of thioether (sulfide) groups is 1. The molecule has 0 amide bonds. The van der Waals surface area contributed by atoms with Crippen LogP contribution in [0.2, 0.25) is 0 Å². The number of nitrogens with one attached hydrogen (secondary N) is 1. The lowest BCUT2D eigenvalue weighted by Crippen LogP contribution is -2.07. The highest BCUT2D eigenvalue weighted by atomic mass is 32.2. The van der Waals surface area contributed by atoms with Crippen molar-refractivity contribution >= 4 is 28.2 Å². The first-order valence-electron chi connectivity index (χ1n) is 7.03. The number of hydrogen-bond acceptors (Lipinski definition) is 6. The fourth-order valence-corrected chi connectivity index (χ4v) is 3.27. The van der Waals surface area contributed by atoms with Crippen LogP contribution in [0.25, 0.3) is 0 Å². The van der Waals surface area contributed by atoms with Gasteiger partial charge in [-0.05, 0) is 30.5 Å². The molecule has 0 unspecified atom stereocenters. The summed E-state index contributed by atoms with van der Waals surface area (Å²) in [6.45, 7) is 8.01. The summed E-state index contributed by atoms with van der Waals surface area (Å²) in [5.41, 5.74) is 1.21. The molecule has 0 saturated carbocycles. The molecule has 0 atom stereocenters. The van der Waals surface area contributed by atoms with Crippen LogP contribution < -0.4 is 10.1 Å². The predicted molar refractivity (Wildman–Crippen MR) is 90.6 cm³/mol. The average Bonchev–Trinajstić information content (AvgIpc) is 2.89. The van der Waals surface area contributed by atoms with E-state index in [0.717, 1.165) is 27.5 Å². The highest BCUT2D eigenvalue weighted by Crippen LogP contribution is 2.25. The molecule has 0 fully saturated rings. The van der Waals surface area contributed by atoms with Crippen LogP contribution in [-0.2, 0) is 0 Å². The molecule has 21 heavy (non-hydrogen) atoms. The van der Waals surface area contributed by atoms with Crippen molar-refractivity contribution in [1.29, 1.82) is 0 Å². The van der Waals surface area contributed by atoms with Crippen LogP contribution in [0.4, 0.5) is 5.13 Å². The predicted octanol–water partition coefficient (Wildman–Crippen LogP) is 4.09. The summed E-state index contributed by atoms with van der Waals surface area (Å²) in [6.07, 6.45) is 0. The topological polar surface area (TPSA) is 47.0 Å². The third kappa shape index (κ3) is 5.93. The van der Waals surface area contributed by atoms with E-state index in [2.05, 4.69) is 42.4 Å². The molecule has 0 bridgehead atoms. The van der Waals surface area contributed by atoms with Crippen molar-refractivity contribution in [2.75, 3.05) is 24.2 Å². The number of nitrogens with zero attached hydrogens (tertiary/aromatic N) is 2. The summed E-state index contributed by atoms with van der Waals surface area (Å²) in [5, 5.41) is 12.5. The lowest BCUT2D eigenvalue weighted by molar-refractivity contribution is 0.343. The average molecular weight is 323 g/mol. The van der Waals surface area contributed by atoms with Crippen LogP contribution in [0.3, 0.4) is 0 Å². The van der Waals surface area contributed by atoms with Gasteiger partial charge in [0.15, 0.2) is 4.34 Å². The SMILES string of the molecule is Cc1cccc(OCCSc2nnc(NCC(C)C)s2)c1. The standard InChI is InChI=1S/C15H21N3OS2/c1-11(2)10-16-14-17-18-15(21-14)20-8-7-19-13-6-4-5-12(3)9-13/h4-6,9,11H,7-8,10H2,1-3H3,(H,16,17). The molecule has 0 spiro atoms. The van der Waals surface area contributed by atoms with Gasteiger partial charge in [0.05, 0.1) is 6.61 Å². The molecule has 0 radical (unpaired) electrons. The second-order valence-corrected chi connectivity index (χ2v) is 7.48. The van der Waals surface area contributed by atoms with Gasteiger partial charge in [0.25, 0.3) is 0 Å². The van der Waals surface area contributed by atoms with Gasteiger partial charge in [0, 0.05) is 12.3 Å². The number of aromatic nitrogens is 2. The summed E-state index contributed by atoms with van der Waals surface area (Å²) >= 11 is 3.28. The molecular weight excluding hydrogens is 302 g/mol. The Labute approximate surface area is 134 Å². The Kier molecular flexibility index (Phi) is 6.32. The summed E-state index contributed by atoms with van der Waals surface area (Å²) in [5.74, 6) is 2.40. The van der Waals surface area contributed by atoms with Crippen molar-refractivity contribution in [2.45, 2.75) is 25.1 Å². The fraction of sp³-hybridized carbons (Fsp3) is 0.467. The first kappa shape index (κ1) is 16.1. The first-order chi connectivity index (χ1) is 10.1. The van der Waals surface area contributed by atoms with Crippen molar-refractivity contribution < 1.29 is 4.74 Å². The molecule has 0 aliphatic heterocycles. The van der Waals surface area contributed by atoms with Crippen LogP contribution in [0.5, 0.6) is 5.75 Å². The Morgan fingerprint density at radius 1 is 1.33 bits per heavy atom. The third-order valence-corrected chi connectivity index (χ3v) is 4.61. The molecular formula is C15H21N3OS2. The van der Waals surface area contributed by atoms with Gasteiger partial charge < -0.3 is 10.1 Å². The molecule has 0 aliphatic rings. The minimum atomic E-state index is 0.604. The highest BCUT2D eigenvalue weighted by Gasteiger charge is 2.05. The fourth-order valence-electron chi connectivity index (χ4n) is 1.62. The van der Waals surface area contributed by atoms with Crippen molar-refractivity contribution in [3.8, 4) is 5.75 Å². The summed E-state index contributed by atoms with van der Waals surface area (Å²) in [6, 6.07) is 8.10. The molecule has 1 heterocycles. The van der Waals surface area contributed by atoms with Crippen molar-refractivity contribution in [3.05, 3.63) is 29.8 Å². The molecule has 2 rings (SSSR count). The maximum Gasteiger partial charge on any atom is 0.206 e. The molecule has 0 aliphatic carbocycles. The minimum Gasteiger partial charge on any atom is -0.493 e. The lowest BCUT2D eigenvalue weighted by atomic mass is 10.2. The Morgan fingerprint density at radius 3 is 2.95 bits per heavy atom. The molecule has 1 N–H and O–H groups in total. The molecule has 6 heteroatoms. The van der Waals surface area contributed by atoms with Crippen LogP contribution >= 0.6 is 23.1 Å². The molecule has 114 valence electrons. The van der Waals surface area contributed by atoms with Crippen LogP contribution in [-0.4, -0.2) is 29.1 Å². The Bertz CT molecular complexity index is 557. The Balaban J connectivity index is 1.69. The number of benzene rings is 1. The third-order valence-electron chi connectivity index (χ3n) is 2.64. The van der Waals surface area contributed by atoms with Crippen LogP contribution in [0.15, 0.2) is 28.6 Å². The molecule has 4 nitrogen and oxygen atoms in total. The minimum absolute atomic E-state index is 0.604. The van der Waals surface area contributed by atoms with Gasteiger partial charge in [-0.3, -0.25) is 0 Å². The van der Waals surface area contributed by atoms with E-state index in [1.165, 1.54) is 5.56 Å². The van der Waals surface area contributed by atoms with Crippen LogP contribution in [0.1, 0.15) is 19.4 Å². The summed E-state index contributed by atoms with van der Waals surface area (Å²) in [4.78, 5) is 0. The second kappa shape index (κ2) is 8.24. The van der Waals surface area contributed by atoms with E-state index < -0.39 is 0 Å². The molecule has 2 aromatic rings. The Morgan fingerprint density at radius 2 is 2.19 bits per heavy atom. The van der Waals surface area contributed by atoms with Gasteiger partial charge in [-0.2, -0.15) is 0 Å².